The van der Waals surface area contributed by atoms with Gasteiger partial charge in [0, 0.05) is 11.1 Å². The summed E-state index contributed by atoms with van der Waals surface area (Å²) in [5.74, 6) is 0.526. The molecule has 0 aliphatic heterocycles. The van der Waals surface area contributed by atoms with Crippen LogP contribution in [0.25, 0.3) is 11.4 Å². The lowest BCUT2D eigenvalue weighted by Crippen LogP contribution is -2.21. The van der Waals surface area contributed by atoms with Gasteiger partial charge in [-0.1, -0.05) is 11.6 Å². The first-order chi connectivity index (χ1) is 9.15. The van der Waals surface area contributed by atoms with Crippen molar-refractivity contribution in [1.82, 2.24) is 9.97 Å². The second kappa shape index (κ2) is 4.70. The average Bonchev–Trinajstić information content (AvgIpc) is 2.42. The Kier molecular flexibility index (Phi) is 3.03. The number of benzene rings is 1. The molecule has 2 N–H and O–H groups in total. The molecular weight excluding hydrogens is 264 g/mol. The van der Waals surface area contributed by atoms with Gasteiger partial charge in [-0.15, -0.1) is 0 Å². The van der Waals surface area contributed by atoms with Crippen LogP contribution in [0.15, 0.2) is 23.0 Å². The Bertz CT molecular complexity index is 694. The first-order valence-electron chi connectivity index (χ1n) is 6.26. The molecule has 3 rings (SSSR count). The van der Waals surface area contributed by atoms with Gasteiger partial charge in [-0.3, -0.25) is 4.79 Å². The number of nitrogens with one attached hydrogen (secondary N) is 1. The third kappa shape index (κ3) is 2.24. The maximum Gasteiger partial charge on any atom is 0.254 e. The predicted molar refractivity (Wildman–Crippen MR) is 73.6 cm³/mol. The van der Waals surface area contributed by atoms with E-state index in [-0.39, 0.29) is 16.3 Å². The number of halogens is 1. The quantitative estimate of drug-likeness (QED) is 0.841. The SMILES string of the molecule is O=c1[nH]c(-c2ccc(O)c(Cl)c2)nc2c1CCCC2. The van der Waals surface area contributed by atoms with E-state index >= 15 is 0 Å². The number of aromatic amines is 1. The first-order valence-corrected chi connectivity index (χ1v) is 6.64. The molecule has 4 nitrogen and oxygen atoms in total. The number of phenolic OH excluding ortho intramolecular Hbond substituents is 1. The number of rotatable bonds is 1. The van der Waals surface area contributed by atoms with Gasteiger partial charge < -0.3 is 10.1 Å². The van der Waals surface area contributed by atoms with Crippen LogP contribution in [0.1, 0.15) is 24.1 Å². The van der Waals surface area contributed by atoms with Gasteiger partial charge in [0.2, 0.25) is 0 Å². The Morgan fingerprint density at radius 1 is 1.26 bits per heavy atom. The Labute approximate surface area is 115 Å². The van der Waals surface area contributed by atoms with Crippen molar-refractivity contribution in [2.75, 3.05) is 0 Å². The fourth-order valence-electron chi connectivity index (χ4n) is 2.39. The minimum atomic E-state index is -0.0658. The van der Waals surface area contributed by atoms with Crippen LogP contribution in [0.4, 0.5) is 0 Å². The van der Waals surface area contributed by atoms with Crippen molar-refractivity contribution in [3.8, 4) is 17.1 Å². The van der Waals surface area contributed by atoms with Crippen LogP contribution in [0.2, 0.25) is 5.02 Å². The highest BCUT2D eigenvalue weighted by atomic mass is 35.5. The van der Waals surface area contributed by atoms with Gasteiger partial charge in [-0.05, 0) is 43.9 Å². The van der Waals surface area contributed by atoms with E-state index in [0.717, 1.165) is 36.9 Å². The molecule has 19 heavy (non-hydrogen) atoms. The van der Waals surface area contributed by atoms with E-state index in [9.17, 15) is 9.90 Å². The molecule has 0 bridgehead atoms. The van der Waals surface area contributed by atoms with Crippen molar-refractivity contribution in [3.63, 3.8) is 0 Å². The topological polar surface area (TPSA) is 66.0 Å². The summed E-state index contributed by atoms with van der Waals surface area (Å²) < 4.78 is 0. The van der Waals surface area contributed by atoms with E-state index in [1.165, 1.54) is 6.07 Å². The van der Waals surface area contributed by atoms with Gasteiger partial charge in [-0.2, -0.15) is 0 Å². The molecule has 0 saturated heterocycles. The zero-order chi connectivity index (χ0) is 13.4. The van der Waals surface area contributed by atoms with E-state index in [2.05, 4.69) is 9.97 Å². The van der Waals surface area contributed by atoms with Crippen molar-refractivity contribution in [3.05, 3.63) is 44.8 Å². The lowest BCUT2D eigenvalue weighted by atomic mass is 9.97. The minimum Gasteiger partial charge on any atom is -0.506 e. The van der Waals surface area contributed by atoms with Crippen LogP contribution in [0.3, 0.4) is 0 Å². The Hall–Kier alpha value is -1.81. The van der Waals surface area contributed by atoms with Gasteiger partial charge in [0.1, 0.15) is 11.6 Å². The molecule has 98 valence electrons. The van der Waals surface area contributed by atoms with Crippen LogP contribution in [0.5, 0.6) is 5.75 Å². The molecule has 0 saturated carbocycles. The summed E-state index contributed by atoms with van der Waals surface area (Å²) in [7, 11) is 0. The summed E-state index contributed by atoms with van der Waals surface area (Å²) in [6.07, 6.45) is 3.76. The minimum absolute atomic E-state index is 0.0192. The standard InChI is InChI=1S/C14H13ClN2O2/c15-10-7-8(5-6-12(10)18)13-16-11-4-2-1-3-9(11)14(19)17-13/h5-7,18H,1-4H2,(H,16,17,19). The molecule has 1 heterocycles. The zero-order valence-corrected chi connectivity index (χ0v) is 11.0. The number of hydrogen-bond acceptors (Lipinski definition) is 3. The fraction of sp³-hybridized carbons (Fsp3) is 0.286. The third-order valence-corrected chi connectivity index (χ3v) is 3.72. The molecule has 1 aliphatic carbocycles. The number of nitrogens with zero attached hydrogens (tertiary/aromatic N) is 1. The third-order valence-electron chi connectivity index (χ3n) is 3.41. The molecule has 0 amide bonds. The molecule has 5 heteroatoms. The molecule has 0 fully saturated rings. The van der Waals surface area contributed by atoms with Crippen LogP contribution in [-0.4, -0.2) is 15.1 Å². The molecule has 2 aromatic rings. The van der Waals surface area contributed by atoms with E-state index in [1.807, 2.05) is 0 Å². The van der Waals surface area contributed by atoms with Crippen molar-refractivity contribution < 1.29 is 5.11 Å². The van der Waals surface area contributed by atoms with Gasteiger partial charge in [0.15, 0.2) is 0 Å². The normalized spacial score (nSPS) is 14.2. The van der Waals surface area contributed by atoms with Gasteiger partial charge in [0.05, 0.1) is 10.7 Å². The number of aryl methyl sites for hydroxylation is 1. The number of aromatic nitrogens is 2. The molecule has 0 spiro atoms. The average molecular weight is 277 g/mol. The van der Waals surface area contributed by atoms with Crippen LogP contribution in [-0.2, 0) is 12.8 Å². The number of hydrogen-bond donors (Lipinski definition) is 2. The molecule has 1 aromatic carbocycles. The van der Waals surface area contributed by atoms with Crippen molar-refractivity contribution in [2.45, 2.75) is 25.7 Å². The Morgan fingerprint density at radius 3 is 2.84 bits per heavy atom. The van der Waals surface area contributed by atoms with Gasteiger partial charge in [-0.25, -0.2) is 4.98 Å². The zero-order valence-electron chi connectivity index (χ0n) is 10.2. The summed E-state index contributed by atoms with van der Waals surface area (Å²) in [6, 6.07) is 4.79. The summed E-state index contributed by atoms with van der Waals surface area (Å²) in [4.78, 5) is 19.3. The van der Waals surface area contributed by atoms with E-state index in [4.69, 9.17) is 11.6 Å². The fourth-order valence-corrected chi connectivity index (χ4v) is 2.57. The van der Waals surface area contributed by atoms with Crippen molar-refractivity contribution >= 4 is 11.6 Å². The molecule has 1 aliphatic rings. The molecule has 0 unspecified atom stereocenters. The van der Waals surface area contributed by atoms with Gasteiger partial charge >= 0.3 is 0 Å². The summed E-state index contributed by atoms with van der Waals surface area (Å²) in [6.45, 7) is 0. The lowest BCUT2D eigenvalue weighted by molar-refractivity contribution is 0.475. The first kappa shape index (κ1) is 12.2. The molecule has 1 aromatic heterocycles. The lowest BCUT2D eigenvalue weighted by Gasteiger charge is -2.14. The van der Waals surface area contributed by atoms with E-state index in [0.29, 0.717) is 11.4 Å². The van der Waals surface area contributed by atoms with E-state index in [1.54, 1.807) is 12.1 Å². The summed E-state index contributed by atoms with van der Waals surface area (Å²) >= 11 is 5.88. The highest BCUT2D eigenvalue weighted by molar-refractivity contribution is 6.32. The van der Waals surface area contributed by atoms with Crippen molar-refractivity contribution in [2.24, 2.45) is 0 Å². The van der Waals surface area contributed by atoms with Crippen molar-refractivity contribution in [1.29, 1.82) is 0 Å². The van der Waals surface area contributed by atoms with E-state index < -0.39 is 0 Å². The number of fused-ring (bicyclic) bond motifs is 1. The number of H-pyrrole nitrogens is 1. The second-order valence-corrected chi connectivity index (χ2v) is 5.12. The Balaban J connectivity index is 2.12. The second-order valence-electron chi connectivity index (χ2n) is 4.71. The van der Waals surface area contributed by atoms with Gasteiger partial charge in [0.25, 0.3) is 5.56 Å². The molecular formula is C14H13ClN2O2. The highest BCUT2D eigenvalue weighted by Crippen LogP contribution is 2.28. The predicted octanol–water partition coefficient (Wildman–Crippen LogP) is 2.67. The monoisotopic (exact) mass is 276 g/mol. The number of aromatic hydroxyl groups is 1. The summed E-state index contributed by atoms with van der Waals surface area (Å²) in [5.41, 5.74) is 2.33. The Morgan fingerprint density at radius 2 is 2.05 bits per heavy atom. The van der Waals surface area contributed by atoms with Crippen LogP contribution in [0, 0.1) is 0 Å². The molecule has 0 radical (unpaired) electrons. The maximum absolute atomic E-state index is 12.0. The maximum atomic E-state index is 12.0. The number of phenols is 1. The van der Waals surface area contributed by atoms with Crippen LogP contribution >= 0.6 is 11.6 Å². The summed E-state index contributed by atoms with van der Waals surface area (Å²) in [5, 5.41) is 9.66. The van der Waals surface area contributed by atoms with Crippen LogP contribution < -0.4 is 5.56 Å². The highest BCUT2D eigenvalue weighted by Gasteiger charge is 2.16. The largest absolute Gasteiger partial charge is 0.506 e. The smallest absolute Gasteiger partial charge is 0.254 e. The molecule has 0 atom stereocenters.